The molecule has 34 heavy (non-hydrogen) atoms. The quantitative estimate of drug-likeness (QED) is 0.476. The van der Waals surface area contributed by atoms with Crippen LogP contribution in [0.25, 0.3) is 0 Å². The van der Waals surface area contributed by atoms with Crippen LogP contribution in [0.15, 0.2) is 24.0 Å². The molecule has 0 bridgehead atoms. The van der Waals surface area contributed by atoms with Gasteiger partial charge in [0.05, 0.1) is 17.4 Å². The fraction of sp³-hybridized carbons (Fsp3) is 0.680. The fourth-order valence-corrected chi connectivity index (χ4v) is 6.31. The van der Waals surface area contributed by atoms with E-state index in [1.54, 1.807) is 0 Å². The number of nitrogen functional groups attached to an aromatic ring is 1. The predicted molar refractivity (Wildman–Crippen MR) is 125 cm³/mol. The summed E-state index contributed by atoms with van der Waals surface area (Å²) in [6.45, 7) is 4.45. The van der Waals surface area contributed by atoms with E-state index >= 15 is 0 Å². The number of pyridine rings is 1. The zero-order valence-corrected chi connectivity index (χ0v) is 20.0. The zero-order chi connectivity index (χ0) is 24.0. The molecule has 3 unspecified atom stereocenters. The highest BCUT2D eigenvalue weighted by Crippen LogP contribution is 2.61. The van der Waals surface area contributed by atoms with Crippen molar-refractivity contribution in [3.05, 3.63) is 29.6 Å². The SMILES string of the molecule is CCC(C)[NH2+]C(=CC(=N)c1cnc(N)c(OC(F)F)c1)C1C2CC(N3CC4(CCCO4)C3)CC21. The molecule has 186 valence electrons. The molecule has 2 aliphatic heterocycles. The minimum absolute atomic E-state index is 0.106. The summed E-state index contributed by atoms with van der Waals surface area (Å²) in [6, 6.07) is 2.44. The van der Waals surface area contributed by atoms with Crippen molar-refractivity contribution in [3.63, 3.8) is 0 Å². The maximum Gasteiger partial charge on any atom is 0.387 e. The number of nitrogens with two attached hydrogens (primary N) is 2. The molecular weight excluding hydrogens is 440 g/mol. The average Bonchev–Trinajstić information content (AvgIpc) is 3.12. The number of nitrogens with zero attached hydrogens (tertiary/aromatic N) is 2. The van der Waals surface area contributed by atoms with Gasteiger partial charge in [-0.25, -0.2) is 4.98 Å². The molecule has 0 aromatic carbocycles. The Balaban J connectivity index is 1.26. The van der Waals surface area contributed by atoms with E-state index in [1.165, 1.54) is 43.6 Å². The fourth-order valence-electron chi connectivity index (χ4n) is 6.31. The number of quaternary nitrogens is 1. The van der Waals surface area contributed by atoms with Gasteiger partial charge in [-0.15, -0.1) is 0 Å². The van der Waals surface area contributed by atoms with Gasteiger partial charge in [0, 0.05) is 49.5 Å². The van der Waals surface area contributed by atoms with E-state index in [4.69, 9.17) is 15.9 Å². The predicted octanol–water partition coefficient (Wildman–Crippen LogP) is 2.77. The molecule has 1 spiro atoms. The molecule has 3 heterocycles. The van der Waals surface area contributed by atoms with E-state index in [9.17, 15) is 8.78 Å². The standard InChI is InChI=1S/C25H35F2N5O2/c1-3-14(2)31-20(10-19(28)15-7-21(34-24(26)27)23(29)30-11-15)22-17-8-16(9-18(17)22)32-12-25(13-32)5-4-6-33-25/h7,10-11,14,16-18,22,24,28,31H,3-6,8-9,12-13H2,1-2H3,(H2,29,30)/p+1. The molecule has 7 nitrogen and oxygen atoms in total. The van der Waals surface area contributed by atoms with Gasteiger partial charge in [-0.1, -0.05) is 6.92 Å². The van der Waals surface area contributed by atoms with E-state index in [0.29, 0.717) is 35.4 Å². The van der Waals surface area contributed by atoms with E-state index in [-0.39, 0.29) is 22.9 Å². The maximum atomic E-state index is 12.7. The number of alkyl halides is 2. The van der Waals surface area contributed by atoms with Crippen LogP contribution in [0.3, 0.4) is 0 Å². The van der Waals surface area contributed by atoms with Crippen LogP contribution in [0.2, 0.25) is 0 Å². The number of nitrogens with one attached hydrogen (secondary N) is 1. The molecule has 9 heteroatoms. The first kappa shape index (κ1) is 23.6. The molecule has 5 N–H and O–H groups in total. The monoisotopic (exact) mass is 476 g/mol. The second-order valence-corrected chi connectivity index (χ2v) is 10.6. The van der Waals surface area contributed by atoms with Gasteiger partial charge in [0.1, 0.15) is 5.70 Å². The Morgan fingerprint density at radius 3 is 2.76 bits per heavy atom. The van der Waals surface area contributed by atoms with Gasteiger partial charge < -0.3 is 20.5 Å². The third-order valence-corrected chi connectivity index (χ3v) is 8.33. The van der Waals surface area contributed by atoms with E-state index in [0.717, 1.165) is 26.1 Å². The minimum atomic E-state index is -2.99. The first-order chi connectivity index (χ1) is 16.3. The molecule has 2 saturated carbocycles. The first-order valence-corrected chi connectivity index (χ1v) is 12.5. The summed E-state index contributed by atoms with van der Waals surface area (Å²) >= 11 is 0. The summed E-state index contributed by atoms with van der Waals surface area (Å²) in [7, 11) is 0. The zero-order valence-electron chi connectivity index (χ0n) is 20.0. The van der Waals surface area contributed by atoms with Crippen LogP contribution in [0, 0.1) is 23.2 Å². The lowest BCUT2D eigenvalue weighted by atomic mass is 9.87. The number of hydrogen-bond acceptors (Lipinski definition) is 6. The number of hydrogen-bond donors (Lipinski definition) is 3. The number of allylic oxidation sites excluding steroid dienone is 2. The van der Waals surface area contributed by atoms with Crippen molar-refractivity contribution in [2.45, 2.75) is 70.2 Å². The highest BCUT2D eigenvalue weighted by Gasteiger charge is 2.62. The maximum absolute atomic E-state index is 12.7. The topological polar surface area (TPSA) is 101 Å². The normalized spacial score (nSPS) is 30.9. The second kappa shape index (κ2) is 9.17. The number of halogens is 2. The molecule has 3 atom stereocenters. The van der Waals surface area contributed by atoms with Crippen LogP contribution in [-0.2, 0) is 4.74 Å². The number of likely N-dealkylation sites (tertiary alicyclic amines) is 1. The second-order valence-electron chi connectivity index (χ2n) is 10.6. The molecule has 2 saturated heterocycles. The molecule has 4 aliphatic rings. The first-order valence-electron chi connectivity index (χ1n) is 12.5. The van der Waals surface area contributed by atoms with Crippen LogP contribution in [-0.4, -0.2) is 59.6 Å². The highest BCUT2D eigenvalue weighted by molar-refractivity contribution is 6.07. The molecule has 5 rings (SSSR count). The lowest BCUT2D eigenvalue weighted by Crippen LogP contribution is -2.87. The molecule has 0 amide bonds. The average molecular weight is 477 g/mol. The lowest BCUT2D eigenvalue weighted by Gasteiger charge is -2.50. The van der Waals surface area contributed by atoms with Crippen LogP contribution in [0.5, 0.6) is 5.75 Å². The smallest absolute Gasteiger partial charge is 0.387 e. The van der Waals surface area contributed by atoms with Crippen LogP contribution >= 0.6 is 0 Å². The largest absolute Gasteiger partial charge is 0.431 e. The number of aromatic nitrogens is 1. The third-order valence-electron chi connectivity index (χ3n) is 8.33. The Labute approximate surface area is 199 Å². The molecule has 0 radical (unpaired) electrons. The van der Waals surface area contributed by atoms with Gasteiger partial charge in [0.2, 0.25) is 0 Å². The Morgan fingerprint density at radius 2 is 2.15 bits per heavy atom. The van der Waals surface area contributed by atoms with Crippen molar-refractivity contribution in [3.8, 4) is 5.75 Å². The van der Waals surface area contributed by atoms with Gasteiger partial charge in [-0.2, -0.15) is 8.78 Å². The van der Waals surface area contributed by atoms with Crippen molar-refractivity contribution < 1.29 is 23.6 Å². The number of fused-ring (bicyclic) bond motifs is 1. The summed E-state index contributed by atoms with van der Waals surface area (Å²) < 4.78 is 35.8. The summed E-state index contributed by atoms with van der Waals surface area (Å²) in [4.78, 5) is 6.57. The van der Waals surface area contributed by atoms with Gasteiger partial charge in [0.15, 0.2) is 11.6 Å². The lowest BCUT2D eigenvalue weighted by molar-refractivity contribution is -0.644. The molecule has 1 aromatic rings. The van der Waals surface area contributed by atoms with E-state index in [2.05, 4.69) is 33.8 Å². The van der Waals surface area contributed by atoms with Gasteiger partial charge in [0.25, 0.3) is 0 Å². The van der Waals surface area contributed by atoms with E-state index < -0.39 is 6.61 Å². The van der Waals surface area contributed by atoms with Crippen LogP contribution in [0.4, 0.5) is 14.6 Å². The van der Waals surface area contributed by atoms with Gasteiger partial charge in [-0.05, 0) is 56.9 Å². The Hall–Kier alpha value is -2.10. The van der Waals surface area contributed by atoms with Crippen molar-refractivity contribution in [1.29, 1.82) is 5.41 Å². The summed E-state index contributed by atoms with van der Waals surface area (Å²) in [5.74, 6) is 1.50. The summed E-state index contributed by atoms with van der Waals surface area (Å²) in [5, 5.41) is 10.9. The highest BCUT2D eigenvalue weighted by atomic mass is 19.3. The van der Waals surface area contributed by atoms with Crippen molar-refractivity contribution in [2.75, 3.05) is 25.4 Å². The molecule has 2 aliphatic carbocycles. The van der Waals surface area contributed by atoms with Crippen molar-refractivity contribution >= 4 is 11.5 Å². The number of ether oxygens (including phenoxy) is 2. The summed E-state index contributed by atoms with van der Waals surface area (Å²) in [5.41, 5.74) is 7.67. The molecule has 4 fully saturated rings. The van der Waals surface area contributed by atoms with Crippen molar-refractivity contribution in [1.82, 2.24) is 9.88 Å². The van der Waals surface area contributed by atoms with Crippen LogP contribution < -0.4 is 15.8 Å². The Kier molecular flexibility index (Phi) is 6.37. The number of anilines is 1. The Morgan fingerprint density at radius 1 is 1.41 bits per heavy atom. The van der Waals surface area contributed by atoms with Crippen molar-refractivity contribution in [2.24, 2.45) is 17.8 Å². The van der Waals surface area contributed by atoms with Crippen LogP contribution in [0.1, 0.15) is 51.5 Å². The Bertz CT molecular complexity index is 945. The molecular formula is C25H36F2N5O2+. The van der Waals surface area contributed by atoms with E-state index in [1.807, 2.05) is 6.08 Å². The number of rotatable bonds is 9. The van der Waals surface area contributed by atoms with Gasteiger partial charge in [-0.3, -0.25) is 10.3 Å². The van der Waals surface area contributed by atoms with Gasteiger partial charge >= 0.3 is 6.61 Å². The summed E-state index contributed by atoms with van der Waals surface area (Å²) in [6.07, 6.45) is 9.18. The third kappa shape index (κ3) is 4.57. The minimum Gasteiger partial charge on any atom is -0.431 e. The molecule has 1 aromatic heterocycles.